The van der Waals surface area contributed by atoms with Crippen LogP contribution in [0.1, 0.15) is 31.9 Å². The molecule has 3 nitrogen and oxygen atoms in total. The number of hydrogen-bond acceptors (Lipinski definition) is 4. The lowest BCUT2D eigenvalue weighted by atomic mass is 9.85. The average molecular weight is 307 g/mol. The highest BCUT2D eigenvalue weighted by Gasteiger charge is 2.28. The average Bonchev–Trinajstić information content (AvgIpc) is 2.58. The van der Waals surface area contributed by atoms with Gasteiger partial charge in [-0.25, -0.2) is 0 Å². The topological polar surface area (TPSA) is 40.5 Å². The van der Waals surface area contributed by atoms with Gasteiger partial charge in [0.1, 0.15) is 10.1 Å². The van der Waals surface area contributed by atoms with Crippen LogP contribution in [0.15, 0.2) is 23.1 Å². The van der Waals surface area contributed by atoms with Gasteiger partial charge in [0.05, 0.1) is 4.91 Å². The molecule has 0 saturated carbocycles. The third kappa shape index (κ3) is 2.88. The molecule has 1 aliphatic heterocycles. The zero-order valence-corrected chi connectivity index (χ0v) is 13.6. The minimum atomic E-state index is -0.155. The van der Waals surface area contributed by atoms with E-state index in [9.17, 15) is 9.90 Å². The minimum absolute atomic E-state index is 0.0783. The largest absolute Gasteiger partial charge is 0.508 e. The van der Waals surface area contributed by atoms with Gasteiger partial charge in [-0.2, -0.15) is 0 Å². The van der Waals surface area contributed by atoms with Crippen molar-refractivity contribution in [3.63, 3.8) is 0 Å². The number of amides is 1. The lowest BCUT2D eigenvalue weighted by Gasteiger charge is -2.20. The quantitative estimate of drug-likeness (QED) is 0.636. The van der Waals surface area contributed by atoms with Gasteiger partial charge in [-0.05, 0) is 34.8 Å². The Balaban J connectivity index is 2.41. The Hall–Kier alpha value is -1.33. The van der Waals surface area contributed by atoms with Crippen LogP contribution >= 0.6 is 24.0 Å². The summed E-state index contributed by atoms with van der Waals surface area (Å²) in [5.74, 6) is 0.197. The summed E-state index contributed by atoms with van der Waals surface area (Å²) in [6.45, 7) is 6.12. The van der Waals surface area contributed by atoms with Gasteiger partial charge >= 0.3 is 0 Å². The van der Waals surface area contributed by atoms with Crippen LogP contribution in [-0.4, -0.2) is 27.3 Å². The van der Waals surface area contributed by atoms with Gasteiger partial charge in [-0.3, -0.25) is 9.69 Å². The van der Waals surface area contributed by atoms with Gasteiger partial charge in [-0.15, -0.1) is 0 Å². The Morgan fingerprint density at radius 2 is 2.00 bits per heavy atom. The molecular formula is C15H17NO2S2. The highest BCUT2D eigenvalue weighted by molar-refractivity contribution is 8.26. The minimum Gasteiger partial charge on any atom is -0.508 e. The number of benzene rings is 1. The van der Waals surface area contributed by atoms with E-state index in [0.717, 1.165) is 11.1 Å². The molecule has 0 aromatic heterocycles. The van der Waals surface area contributed by atoms with Crippen LogP contribution in [0, 0.1) is 0 Å². The van der Waals surface area contributed by atoms with Gasteiger partial charge < -0.3 is 5.11 Å². The van der Waals surface area contributed by atoms with Crippen molar-refractivity contribution in [2.75, 3.05) is 7.05 Å². The molecule has 0 atom stereocenters. The van der Waals surface area contributed by atoms with Crippen LogP contribution in [0.4, 0.5) is 0 Å². The number of aromatic hydroxyl groups is 1. The molecule has 0 unspecified atom stereocenters. The molecule has 1 N–H and O–H groups in total. The van der Waals surface area contributed by atoms with Crippen molar-refractivity contribution in [2.24, 2.45) is 0 Å². The van der Waals surface area contributed by atoms with E-state index in [1.807, 2.05) is 32.9 Å². The van der Waals surface area contributed by atoms with E-state index >= 15 is 0 Å². The van der Waals surface area contributed by atoms with E-state index in [0.29, 0.717) is 9.23 Å². The Bertz CT molecular complexity index is 615. The second-order valence-corrected chi connectivity index (χ2v) is 7.44. The maximum atomic E-state index is 12.0. The van der Waals surface area contributed by atoms with E-state index in [2.05, 4.69) is 0 Å². The molecule has 1 heterocycles. The number of nitrogens with zero attached hydrogens (tertiary/aromatic N) is 1. The number of hydrogen-bond donors (Lipinski definition) is 1. The fourth-order valence-electron chi connectivity index (χ4n) is 1.94. The van der Waals surface area contributed by atoms with E-state index in [-0.39, 0.29) is 17.1 Å². The fraction of sp³-hybridized carbons (Fsp3) is 0.333. The smallest absolute Gasteiger partial charge is 0.265 e. The van der Waals surface area contributed by atoms with Crippen molar-refractivity contribution in [1.29, 1.82) is 0 Å². The first kappa shape index (κ1) is 15.1. The van der Waals surface area contributed by atoms with Crippen LogP contribution in [0.5, 0.6) is 5.75 Å². The van der Waals surface area contributed by atoms with Crippen molar-refractivity contribution < 1.29 is 9.90 Å². The van der Waals surface area contributed by atoms with Crippen molar-refractivity contribution in [3.8, 4) is 5.75 Å². The Kier molecular flexibility index (Phi) is 3.93. The van der Waals surface area contributed by atoms with Gasteiger partial charge in [0.15, 0.2) is 0 Å². The number of thioether (sulfide) groups is 1. The second kappa shape index (κ2) is 5.22. The summed E-state index contributed by atoms with van der Waals surface area (Å²) in [6.07, 6.45) is 1.82. The highest BCUT2D eigenvalue weighted by atomic mass is 32.2. The van der Waals surface area contributed by atoms with E-state index in [1.165, 1.54) is 16.7 Å². The summed E-state index contributed by atoms with van der Waals surface area (Å²) in [7, 11) is 1.68. The predicted molar refractivity (Wildman–Crippen MR) is 87.7 cm³/mol. The molecule has 1 aromatic rings. The molecule has 1 aromatic carbocycles. The number of carbonyl (C=O) groups excluding carboxylic acids is 1. The molecule has 1 amide bonds. The van der Waals surface area contributed by atoms with Crippen molar-refractivity contribution in [2.45, 2.75) is 26.2 Å². The Morgan fingerprint density at radius 1 is 1.35 bits per heavy atom. The van der Waals surface area contributed by atoms with Crippen LogP contribution in [0.2, 0.25) is 0 Å². The lowest BCUT2D eigenvalue weighted by molar-refractivity contribution is -0.121. The molecule has 5 heteroatoms. The summed E-state index contributed by atoms with van der Waals surface area (Å²) < 4.78 is 0.566. The third-order valence-corrected chi connectivity index (χ3v) is 4.60. The first-order valence-corrected chi connectivity index (χ1v) is 7.47. The Labute approximate surface area is 128 Å². The predicted octanol–water partition coefficient (Wildman–Crippen LogP) is 3.52. The maximum Gasteiger partial charge on any atom is 0.265 e. The molecular weight excluding hydrogens is 290 g/mol. The third-order valence-electron chi connectivity index (χ3n) is 3.11. The molecule has 0 bridgehead atoms. The first-order valence-electron chi connectivity index (χ1n) is 6.25. The first-order chi connectivity index (χ1) is 9.20. The van der Waals surface area contributed by atoms with Crippen molar-refractivity contribution >= 4 is 40.3 Å². The van der Waals surface area contributed by atoms with Crippen molar-refractivity contribution in [3.05, 3.63) is 34.2 Å². The molecule has 106 valence electrons. The number of thiocarbonyl (C=S) groups is 1. The number of carbonyl (C=O) groups is 1. The monoisotopic (exact) mass is 307 g/mol. The summed E-state index contributed by atoms with van der Waals surface area (Å²) in [4.78, 5) is 14.1. The second-order valence-electron chi connectivity index (χ2n) is 5.77. The molecule has 1 aliphatic rings. The number of rotatable bonds is 1. The van der Waals surface area contributed by atoms with Gasteiger partial charge in [0.25, 0.3) is 5.91 Å². The van der Waals surface area contributed by atoms with Gasteiger partial charge in [0, 0.05) is 7.05 Å². The molecule has 0 spiro atoms. The van der Waals surface area contributed by atoms with E-state index < -0.39 is 0 Å². The van der Waals surface area contributed by atoms with E-state index in [1.54, 1.807) is 19.2 Å². The normalized spacial score (nSPS) is 18.2. The molecule has 2 rings (SSSR count). The summed E-state index contributed by atoms with van der Waals surface area (Å²) in [5, 5.41) is 9.95. The van der Waals surface area contributed by atoms with Gasteiger partial charge in [0.2, 0.25) is 0 Å². The summed E-state index contributed by atoms with van der Waals surface area (Å²) in [5.41, 5.74) is 1.59. The molecule has 1 saturated heterocycles. The molecule has 1 fully saturated rings. The van der Waals surface area contributed by atoms with Crippen molar-refractivity contribution in [1.82, 2.24) is 4.90 Å². The van der Waals surface area contributed by atoms with E-state index in [4.69, 9.17) is 12.2 Å². The summed E-state index contributed by atoms with van der Waals surface area (Å²) in [6, 6.07) is 5.38. The number of phenolic OH excluding ortho intramolecular Hbond substituents is 1. The zero-order valence-electron chi connectivity index (χ0n) is 11.9. The molecule has 0 aliphatic carbocycles. The van der Waals surface area contributed by atoms with Crippen LogP contribution in [-0.2, 0) is 10.2 Å². The number of likely N-dealkylation sites (N-methyl/N-ethyl adjacent to an activating group) is 1. The maximum absolute atomic E-state index is 12.0. The standard InChI is InChI=1S/C15H17NO2S2/c1-15(2,3)10-7-9(5-6-11(10)17)8-12-13(18)16(4)14(19)20-12/h5-8,17H,1-4H3. The lowest BCUT2D eigenvalue weighted by Crippen LogP contribution is -2.22. The zero-order chi connectivity index (χ0) is 15.1. The van der Waals surface area contributed by atoms with Crippen LogP contribution in [0.25, 0.3) is 6.08 Å². The van der Waals surface area contributed by atoms with Crippen LogP contribution < -0.4 is 0 Å². The highest BCUT2D eigenvalue weighted by Crippen LogP contribution is 2.34. The number of phenols is 1. The fourth-order valence-corrected chi connectivity index (χ4v) is 3.12. The molecule has 20 heavy (non-hydrogen) atoms. The SMILES string of the molecule is CN1C(=O)C(=Cc2ccc(O)c(C(C)(C)C)c2)SC1=S. The Morgan fingerprint density at radius 3 is 2.50 bits per heavy atom. The summed E-state index contributed by atoms with van der Waals surface area (Å²) >= 11 is 6.41. The van der Waals surface area contributed by atoms with Crippen LogP contribution in [0.3, 0.4) is 0 Å². The van der Waals surface area contributed by atoms with Gasteiger partial charge in [-0.1, -0.05) is 50.8 Å². The molecule has 0 radical (unpaired) electrons.